The molecule has 0 saturated heterocycles. The second-order valence-corrected chi connectivity index (χ2v) is 3.77. The minimum Gasteiger partial charge on any atom is -0.481 e. The van der Waals surface area contributed by atoms with E-state index in [1.54, 1.807) is 6.92 Å². The largest absolute Gasteiger partial charge is 0.481 e. The van der Waals surface area contributed by atoms with Crippen molar-refractivity contribution < 1.29 is 14.7 Å². The molecule has 1 atom stereocenters. The Morgan fingerprint density at radius 3 is 2.42 bits per heavy atom. The maximum atomic E-state index is 10.8. The molecule has 0 spiro atoms. The van der Waals surface area contributed by atoms with Crippen LogP contribution in [0.3, 0.4) is 0 Å². The Kier molecular flexibility index (Phi) is 4.20. The van der Waals surface area contributed by atoms with Gasteiger partial charge in [-0.1, -0.05) is 13.8 Å². The highest BCUT2D eigenvalue weighted by Crippen LogP contribution is 2.26. The van der Waals surface area contributed by atoms with Gasteiger partial charge in [-0.05, 0) is 19.3 Å². The summed E-state index contributed by atoms with van der Waals surface area (Å²) in [5.74, 6) is 4.33. The third kappa shape index (κ3) is 3.19. The lowest BCUT2D eigenvalue weighted by atomic mass is 9.83. The smallest absolute Gasteiger partial charge is 0.311 e. The number of carboxylic acid groups (broad SMARTS) is 1. The van der Waals surface area contributed by atoms with E-state index >= 15 is 0 Å². The molecule has 4 nitrogen and oxygen atoms in total. The summed E-state index contributed by atoms with van der Waals surface area (Å²) >= 11 is 0. The molecule has 0 bridgehead atoms. The van der Waals surface area contributed by atoms with E-state index in [1.807, 2.05) is 13.8 Å². The highest BCUT2D eigenvalue weighted by molar-refractivity contribution is 5.74. The number of hydrogen-bond acceptors (Lipinski definition) is 3. The van der Waals surface area contributed by atoms with Gasteiger partial charge in [-0.2, -0.15) is 0 Å². The first-order chi connectivity index (χ1) is 5.42. The molecule has 4 heteroatoms. The lowest BCUT2D eigenvalue weighted by molar-refractivity contribution is -0.153. The quantitative estimate of drug-likeness (QED) is 0.612. The zero-order valence-electron chi connectivity index (χ0n) is 7.83. The molecule has 0 amide bonds. The first-order valence-corrected chi connectivity index (χ1v) is 3.97. The second kappa shape index (κ2) is 4.42. The maximum absolute atomic E-state index is 10.8. The Labute approximate surface area is 72.7 Å². The number of carboxylic acids is 1. The van der Waals surface area contributed by atoms with Crippen LogP contribution < -0.4 is 5.90 Å². The monoisotopic (exact) mass is 175 g/mol. The van der Waals surface area contributed by atoms with E-state index in [4.69, 9.17) is 11.0 Å². The Morgan fingerprint density at radius 1 is 1.67 bits per heavy atom. The molecule has 0 fully saturated rings. The van der Waals surface area contributed by atoms with Crippen molar-refractivity contribution in [2.45, 2.75) is 27.2 Å². The molecule has 0 heterocycles. The lowest BCUT2D eigenvalue weighted by Gasteiger charge is -2.24. The van der Waals surface area contributed by atoms with Gasteiger partial charge in [0.05, 0.1) is 12.0 Å². The van der Waals surface area contributed by atoms with Gasteiger partial charge in [0.15, 0.2) is 0 Å². The molecule has 0 aliphatic rings. The summed E-state index contributed by atoms with van der Waals surface area (Å²) in [6.45, 7) is 5.64. The molecule has 0 aromatic heterocycles. The number of nitrogens with two attached hydrogens (primary N) is 1. The number of aliphatic carboxylic acids is 1. The van der Waals surface area contributed by atoms with Crippen LogP contribution in [-0.4, -0.2) is 17.7 Å². The minimum absolute atomic E-state index is 0.0561. The molecule has 0 aliphatic heterocycles. The molecule has 0 aliphatic carbocycles. The molecule has 0 radical (unpaired) electrons. The standard InChI is InChI=1S/C8H17NO3/c1-6(2)4-8(3,5-12-9)7(10)11/h6H,4-5,9H2,1-3H3,(H,10,11). The van der Waals surface area contributed by atoms with E-state index in [-0.39, 0.29) is 6.61 Å². The van der Waals surface area contributed by atoms with Crippen LogP contribution in [0.2, 0.25) is 0 Å². The van der Waals surface area contributed by atoms with Crippen molar-refractivity contribution in [2.24, 2.45) is 17.2 Å². The highest BCUT2D eigenvalue weighted by Gasteiger charge is 2.34. The Hall–Kier alpha value is -0.610. The van der Waals surface area contributed by atoms with Crippen molar-refractivity contribution in [3.63, 3.8) is 0 Å². The number of carbonyl (C=O) groups is 1. The normalized spacial score (nSPS) is 16.1. The first kappa shape index (κ1) is 11.4. The van der Waals surface area contributed by atoms with Crippen molar-refractivity contribution in [3.8, 4) is 0 Å². The van der Waals surface area contributed by atoms with Crippen molar-refractivity contribution >= 4 is 5.97 Å². The van der Waals surface area contributed by atoms with Crippen molar-refractivity contribution in [3.05, 3.63) is 0 Å². The Balaban J connectivity index is 4.28. The number of rotatable bonds is 5. The first-order valence-electron chi connectivity index (χ1n) is 3.97. The van der Waals surface area contributed by atoms with Gasteiger partial charge in [-0.15, -0.1) is 0 Å². The van der Waals surface area contributed by atoms with E-state index in [0.29, 0.717) is 12.3 Å². The van der Waals surface area contributed by atoms with E-state index in [1.165, 1.54) is 0 Å². The van der Waals surface area contributed by atoms with E-state index in [2.05, 4.69) is 4.84 Å². The molecule has 0 aromatic rings. The molecular formula is C8H17NO3. The summed E-state index contributed by atoms with van der Waals surface area (Å²) < 4.78 is 0. The fraction of sp³-hybridized carbons (Fsp3) is 0.875. The van der Waals surface area contributed by atoms with Gasteiger partial charge in [-0.25, -0.2) is 5.90 Å². The molecule has 0 rings (SSSR count). The summed E-state index contributed by atoms with van der Waals surface area (Å²) in [6.07, 6.45) is 0.569. The summed E-state index contributed by atoms with van der Waals surface area (Å²) in [7, 11) is 0. The third-order valence-electron chi connectivity index (χ3n) is 1.78. The maximum Gasteiger partial charge on any atom is 0.311 e. The molecule has 12 heavy (non-hydrogen) atoms. The summed E-state index contributed by atoms with van der Waals surface area (Å²) in [4.78, 5) is 15.2. The second-order valence-electron chi connectivity index (χ2n) is 3.77. The van der Waals surface area contributed by atoms with Crippen LogP contribution >= 0.6 is 0 Å². The predicted molar refractivity (Wildman–Crippen MR) is 45.3 cm³/mol. The van der Waals surface area contributed by atoms with Gasteiger partial charge < -0.3 is 9.94 Å². The van der Waals surface area contributed by atoms with Crippen LogP contribution in [0.15, 0.2) is 0 Å². The fourth-order valence-corrected chi connectivity index (χ4v) is 1.29. The average molecular weight is 175 g/mol. The van der Waals surface area contributed by atoms with Crippen LogP contribution in [0.1, 0.15) is 27.2 Å². The Bertz CT molecular complexity index is 158. The van der Waals surface area contributed by atoms with Gasteiger partial charge in [0.2, 0.25) is 0 Å². The molecule has 0 saturated carbocycles. The molecule has 0 aromatic carbocycles. The van der Waals surface area contributed by atoms with E-state index in [9.17, 15) is 4.79 Å². The number of hydrogen-bond donors (Lipinski definition) is 2. The molecule has 1 unspecified atom stereocenters. The van der Waals surface area contributed by atoms with Crippen molar-refractivity contribution in [1.29, 1.82) is 0 Å². The van der Waals surface area contributed by atoms with Crippen LogP contribution in [0.5, 0.6) is 0 Å². The van der Waals surface area contributed by atoms with Crippen LogP contribution in [-0.2, 0) is 9.63 Å². The van der Waals surface area contributed by atoms with Gasteiger partial charge >= 0.3 is 5.97 Å². The third-order valence-corrected chi connectivity index (χ3v) is 1.78. The zero-order chi connectivity index (χ0) is 9.78. The lowest BCUT2D eigenvalue weighted by Crippen LogP contribution is -2.35. The summed E-state index contributed by atoms with van der Waals surface area (Å²) in [5, 5.41) is 8.88. The van der Waals surface area contributed by atoms with Crippen molar-refractivity contribution in [2.75, 3.05) is 6.61 Å². The van der Waals surface area contributed by atoms with Gasteiger partial charge in [0.25, 0.3) is 0 Å². The molecular weight excluding hydrogens is 158 g/mol. The SMILES string of the molecule is CC(C)CC(C)(CON)C(=O)O. The molecule has 72 valence electrons. The topological polar surface area (TPSA) is 72.5 Å². The Morgan fingerprint density at radius 2 is 2.17 bits per heavy atom. The summed E-state index contributed by atoms with van der Waals surface area (Å²) in [5.41, 5.74) is -0.858. The van der Waals surface area contributed by atoms with Gasteiger partial charge in [0, 0.05) is 0 Å². The van der Waals surface area contributed by atoms with Gasteiger partial charge in [0.1, 0.15) is 0 Å². The summed E-state index contributed by atoms with van der Waals surface area (Å²) in [6, 6.07) is 0. The van der Waals surface area contributed by atoms with Gasteiger partial charge in [-0.3, -0.25) is 4.79 Å². The minimum atomic E-state index is -0.860. The van der Waals surface area contributed by atoms with E-state index < -0.39 is 11.4 Å². The molecule has 3 N–H and O–H groups in total. The van der Waals surface area contributed by atoms with Crippen LogP contribution in [0.4, 0.5) is 0 Å². The fourth-order valence-electron chi connectivity index (χ4n) is 1.29. The van der Waals surface area contributed by atoms with Crippen LogP contribution in [0.25, 0.3) is 0 Å². The van der Waals surface area contributed by atoms with Crippen molar-refractivity contribution in [1.82, 2.24) is 0 Å². The predicted octanol–water partition coefficient (Wildman–Crippen LogP) is 1.01. The van der Waals surface area contributed by atoms with E-state index in [0.717, 1.165) is 0 Å². The van der Waals surface area contributed by atoms with Crippen LogP contribution in [0, 0.1) is 11.3 Å². The zero-order valence-corrected chi connectivity index (χ0v) is 7.83. The highest BCUT2D eigenvalue weighted by atomic mass is 16.6. The average Bonchev–Trinajstić information content (AvgIpc) is 1.85.